The minimum absolute atomic E-state index is 0.0934. The fraction of sp³-hybridized carbons (Fsp3) is 0.700. The van der Waals surface area contributed by atoms with Crippen LogP contribution >= 0.6 is 0 Å². The summed E-state index contributed by atoms with van der Waals surface area (Å²) in [5.74, 6) is -1.09. The Hall–Kier alpha value is -1.08. The van der Waals surface area contributed by atoms with Crippen molar-refractivity contribution >= 4 is 9.84 Å². The topological polar surface area (TPSA) is 37.4 Å². The first-order valence-corrected chi connectivity index (χ1v) is 11.3. The zero-order chi connectivity index (χ0) is 19.7. The van der Waals surface area contributed by atoms with Crippen LogP contribution in [0.4, 0.5) is 13.2 Å². The van der Waals surface area contributed by atoms with E-state index in [1.165, 1.54) is 0 Å². The average molecular weight is 404 g/mol. The van der Waals surface area contributed by atoms with Crippen molar-refractivity contribution in [1.82, 2.24) is 4.90 Å². The molecule has 0 amide bonds. The number of halogens is 3. The SMILES string of the molecule is Cc1cccc(S(=O)(=O)C2CCC[C@@H]2CCN2CCC(C(F)(F)F)CC2)c1. The van der Waals surface area contributed by atoms with Gasteiger partial charge in [-0.05, 0) is 82.3 Å². The molecule has 2 atom stereocenters. The third-order valence-corrected chi connectivity index (χ3v) is 8.50. The third-order valence-electron chi connectivity index (χ3n) is 6.17. The van der Waals surface area contributed by atoms with Gasteiger partial charge in [0.25, 0.3) is 0 Å². The number of sulfone groups is 1. The first-order valence-electron chi connectivity index (χ1n) is 9.77. The van der Waals surface area contributed by atoms with Gasteiger partial charge in [-0.3, -0.25) is 0 Å². The van der Waals surface area contributed by atoms with E-state index in [0.717, 1.165) is 24.8 Å². The molecule has 1 aromatic carbocycles. The molecule has 0 spiro atoms. The van der Waals surface area contributed by atoms with Crippen molar-refractivity contribution in [3.05, 3.63) is 29.8 Å². The van der Waals surface area contributed by atoms with Gasteiger partial charge in [0.2, 0.25) is 0 Å². The maximum Gasteiger partial charge on any atom is 0.391 e. The van der Waals surface area contributed by atoms with Crippen LogP contribution in [0, 0.1) is 18.8 Å². The van der Waals surface area contributed by atoms with Gasteiger partial charge in [0.1, 0.15) is 0 Å². The zero-order valence-corrected chi connectivity index (χ0v) is 16.5. The number of hydrogen-bond acceptors (Lipinski definition) is 3. The van der Waals surface area contributed by atoms with Gasteiger partial charge in [-0.25, -0.2) is 8.42 Å². The molecule has 0 aromatic heterocycles. The van der Waals surface area contributed by atoms with Crippen molar-refractivity contribution in [3.8, 4) is 0 Å². The molecule has 1 aromatic rings. The number of hydrogen-bond donors (Lipinski definition) is 0. The highest BCUT2D eigenvalue weighted by molar-refractivity contribution is 7.92. The first kappa shape index (κ1) is 20.6. The van der Waals surface area contributed by atoms with Crippen molar-refractivity contribution in [2.75, 3.05) is 19.6 Å². The third kappa shape index (κ3) is 4.86. The average Bonchev–Trinajstić information content (AvgIpc) is 3.09. The Kier molecular flexibility index (Phi) is 6.21. The van der Waals surface area contributed by atoms with Crippen LogP contribution in [0.1, 0.15) is 44.1 Å². The number of nitrogens with zero attached hydrogens (tertiary/aromatic N) is 1. The van der Waals surface area contributed by atoms with E-state index in [0.29, 0.717) is 31.0 Å². The Morgan fingerprint density at radius 2 is 1.81 bits per heavy atom. The summed E-state index contributed by atoms with van der Waals surface area (Å²) in [4.78, 5) is 2.46. The summed E-state index contributed by atoms with van der Waals surface area (Å²) < 4.78 is 64.5. The Bertz CT molecular complexity index is 740. The lowest BCUT2D eigenvalue weighted by Gasteiger charge is -2.33. The molecule has 3 nitrogen and oxygen atoms in total. The van der Waals surface area contributed by atoms with Crippen LogP contribution < -0.4 is 0 Å². The van der Waals surface area contributed by atoms with E-state index in [-0.39, 0.29) is 24.0 Å². The quantitative estimate of drug-likeness (QED) is 0.721. The van der Waals surface area contributed by atoms with Gasteiger partial charge in [-0.2, -0.15) is 13.2 Å². The highest BCUT2D eigenvalue weighted by atomic mass is 32.2. The summed E-state index contributed by atoms with van der Waals surface area (Å²) in [6.07, 6.45) is -0.586. The number of piperidine rings is 1. The van der Waals surface area contributed by atoms with E-state index in [4.69, 9.17) is 0 Å². The second-order valence-electron chi connectivity index (χ2n) is 8.04. The molecule has 152 valence electrons. The number of aryl methyl sites for hydroxylation is 1. The maximum atomic E-state index is 13.1. The fourth-order valence-electron chi connectivity index (χ4n) is 4.54. The van der Waals surface area contributed by atoms with Crippen LogP contribution in [-0.2, 0) is 9.84 Å². The van der Waals surface area contributed by atoms with Crippen molar-refractivity contribution in [1.29, 1.82) is 0 Å². The van der Waals surface area contributed by atoms with Gasteiger partial charge in [0.05, 0.1) is 16.1 Å². The van der Waals surface area contributed by atoms with E-state index in [1.54, 1.807) is 18.2 Å². The second-order valence-corrected chi connectivity index (χ2v) is 10.2. The molecule has 0 bridgehead atoms. The molecule has 0 radical (unpaired) electrons. The summed E-state index contributed by atoms with van der Waals surface area (Å²) in [5, 5.41) is -0.369. The van der Waals surface area contributed by atoms with E-state index < -0.39 is 21.9 Å². The molecule has 0 N–H and O–H groups in total. The standard InChI is InChI=1S/C20H28F3NO2S/c1-15-4-2-6-18(14-15)27(25,26)19-7-3-5-16(19)8-11-24-12-9-17(10-13-24)20(21,22)23/h2,4,6,14,16-17,19H,3,5,7-13H2,1H3/t16-,19?/m1/s1. The molecule has 1 saturated carbocycles. The van der Waals surface area contributed by atoms with Crippen LogP contribution in [0.5, 0.6) is 0 Å². The molecule has 7 heteroatoms. The summed E-state index contributed by atoms with van der Waals surface area (Å²) >= 11 is 0. The van der Waals surface area contributed by atoms with E-state index in [1.807, 2.05) is 13.0 Å². The maximum absolute atomic E-state index is 13.1. The predicted octanol–water partition coefficient (Wildman–Crippen LogP) is 4.60. The van der Waals surface area contributed by atoms with Gasteiger partial charge in [-0.15, -0.1) is 0 Å². The van der Waals surface area contributed by atoms with Crippen LogP contribution in [0.3, 0.4) is 0 Å². The van der Waals surface area contributed by atoms with E-state index in [2.05, 4.69) is 4.90 Å². The van der Waals surface area contributed by atoms with Gasteiger partial charge in [0.15, 0.2) is 9.84 Å². The molecule has 27 heavy (non-hydrogen) atoms. The molecule has 1 aliphatic carbocycles. The molecule has 1 heterocycles. The molecule has 3 rings (SSSR count). The summed E-state index contributed by atoms with van der Waals surface area (Å²) in [6.45, 7) is 3.48. The lowest BCUT2D eigenvalue weighted by atomic mass is 9.95. The number of benzene rings is 1. The smallest absolute Gasteiger partial charge is 0.303 e. The lowest BCUT2D eigenvalue weighted by molar-refractivity contribution is -0.185. The largest absolute Gasteiger partial charge is 0.391 e. The highest BCUT2D eigenvalue weighted by Gasteiger charge is 2.42. The van der Waals surface area contributed by atoms with Crippen molar-refractivity contribution < 1.29 is 21.6 Å². The summed E-state index contributed by atoms with van der Waals surface area (Å²) in [5.41, 5.74) is 0.929. The Labute approximate surface area is 159 Å². The molecule has 1 saturated heterocycles. The molecule has 1 aliphatic heterocycles. The van der Waals surface area contributed by atoms with Crippen molar-refractivity contribution in [3.63, 3.8) is 0 Å². The molecule has 1 unspecified atom stereocenters. The Morgan fingerprint density at radius 1 is 1.11 bits per heavy atom. The van der Waals surface area contributed by atoms with Crippen LogP contribution in [0.2, 0.25) is 0 Å². The van der Waals surface area contributed by atoms with E-state index >= 15 is 0 Å². The van der Waals surface area contributed by atoms with Crippen LogP contribution in [-0.4, -0.2) is 44.4 Å². The highest BCUT2D eigenvalue weighted by Crippen LogP contribution is 2.38. The van der Waals surface area contributed by atoms with Crippen molar-refractivity contribution in [2.24, 2.45) is 11.8 Å². The fourth-order valence-corrected chi connectivity index (χ4v) is 6.76. The number of rotatable bonds is 5. The normalized spacial score (nSPS) is 25.8. The zero-order valence-electron chi connectivity index (χ0n) is 15.7. The van der Waals surface area contributed by atoms with Crippen LogP contribution in [0.25, 0.3) is 0 Å². The second kappa shape index (κ2) is 8.11. The Morgan fingerprint density at radius 3 is 2.44 bits per heavy atom. The molecule has 2 aliphatic rings. The molecular formula is C20H28F3NO2S. The van der Waals surface area contributed by atoms with Gasteiger partial charge in [-0.1, -0.05) is 18.6 Å². The monoisotopic (exact) mass is 403 g/mol. The molecular weight excluding hydrogens is 375 g/mol. The predicted molar refractivity (Wildman–Crippen MR) is 99.3 cm³/mol. The van der Waals surface area contributed by atoms with Crippen molar-refractivity contribution in [2.45, 2.75) is 61.8 Å². The summed E-state index contributed by atoms with van der Waals surface area (Å²) in [6, 6.07) is 7.05. The minimum atomic E-state index is -4.09. The van der Waals surface area contributed by atoms with E-state index in [9.17, 15) is 21.6 Å². The number of alkyl halides is 3. The number of likely N-dealkylation sites (tertiary alicyclic amines) is 1. The Balaban J connectivity index is 1.58. The van der Waals surface area contributed by atoms with Gasteiger partial charge in [0, 0.05) is 0 Å². The van der Waals surface area contributed by atoms with Crippen LogP contribution in [0.15, 0.2) is 29.2 Å². The summed E-state index contributed by atoms with van der Waals surface area (Å²) in [7, 11) is -3.36. The first-order chi connectivity index (χ1) is 12.7. The molecule has 2 fully saturated rings. The van der Waals surface area contributed by atoms with Gasteiger partial charge < -0.3 is 4.90 Å². The van der Waals surface area contributed by atoms with Gasteiger partial charge >= 0.3 is 6.18 Å². The minimum Gasteiger partial charge on any atom is -0.303 e. The lowest BCUT2D eigenvalue weighted by Crippen LogP contribution is -2.40.